The van der Waals surface area contributed by atoms with E-state index in [1.165, 1.54) is 0 Å². The Kier molecular flexibility index (Phi) is 4.17. The van der Waals surface area contributed by atoms with Gasteiger partial charge in [-0.05, 0) is 42.0 Å². The molecule has 156 valence electrons. The Morgan fingerprint density at radius 3 is 2.94 bits per heavy atom. The minimum absolute atomic E-state index is 0.135. The number of nitrogens with zero attached hydrogens (tertiary/aromatic N) is 5. The van der Waals surface area contributed by atoms with Gasteiger partial charge in [-0.25, -0.2) is 9.98 Å². The molecule has 1 unspecified atom stereocenters. The Balaban J connectivity index is 1.44. The molecule has 0 aliphatic carbocycles. The maximum atomic E-state index is 5.53. The van der Waals surface area contributed by atoms with E-state index in [2.05, 4.69) is 37.9 Å². The van der Waals surface area contributed by atoms with Crippen LogP contribution in [0.4, 0.5) is 5.95 Å². The van der Waals surface area contributed by atoms with E-state index in [1.807, 2.05) is 42.5 Å². The molecule has 0 amide bonds. The smallest absolute Gasteiger partial charge is 0.216 e. The highest BCUT2D eigenvalue weighted by Crippen LogP contribution is 2.34. The summed E-state index contributed by atoms with van der Waals surface area (Å²) in [6.07, 6.45) is 1.57. The van der Waals surface area contributed by atoms with E-state index < -0.39 is 0 Å². The van der Waals surface area contributed by atoms with Crippen molar-refractivity contribution in [2.24, 2.45) is 4.99 Å². The Bertz CT molecular complexity index is 1260. The molecule has 4 aromatic rings. The number of nitrogens with one attached hydrogen (secondary N) is 1. The van der Waals surface area contributed by atoms with Crippen molar-refractivity contribution < 1.29 is 9.15 Å². The Hall–Kier alpha value is -3.78. The predicted octanol–water partition coefficient (Wildman–Crippen LogP) is 3.38. The van der Waals surface area contributed by atoms with E-state index in [0.29, 0.717) is 19.9 Å². The van der Waals surface area contributed by atoms with Crippen molar-refractivity contribution in [3.05, 3.63) is 78.3 Å². The molecule has 2 aromatic heterocycles. The van der Waals surface area contributed by atoms with Gasteiger partial charge >= 0.3 is 0 Å². The van der Waals surface area contributed by atoms with Crippen molar-refractivity contribution in [3.8, 4) is 5.75 Å². The van der Waals surface area contributed by atoms with Crippen LogP contribution in [0.15, 0.2) is 76.3 Å². The molecule has 1 N–H and O–H groups in total. The van der Waals surface area contributed by atoms with Crippen LogP contribution < -0.4 is 15.0 Å². The lowest BCUT2D eigenvalue weighted by Crippen LogP contribution is -2.57. The molecule has 0 fully saturated rings. The topological polar surface area (TPSA) is 71.1 Å². The van der Waals surface area contributed by atoms with E-state index in [4.69, 9.17) is 19.1 Å². The van der Waals surface area contributed by atoms with Crippen molar-refractivity contribution in [3.63, 3.8) is 0 Å². The molecule has 8 nitrogen and oxygen atoms in total. The summed E-state index contributed by atoms with van der Waals surface area (Å²) in [5, 5.41) is 3.63. The van der Waals surface area contributed by atoms with Crippen LogP contribution in [0, 0.1) is 0 Å². The standard InChI is InChI=1S/C23H22N6O2/c1-30-17-7-4-6-16(12-17)21-26-22-24-14-27(13-18-8-5-11-31-18)15-28(22)23-25-19-9-2-3-10-20(19)29(21)23/h2-12,21H,13-15H2,1H3,(H,24,26). The van der Waals surface area contributed by atoms with Crippen molar-refractivity contribution in [1.82, 2.24) is 19.8 Å². The number of benzene rings is 2. The molecule has 0 saturated carbocycles. The van der Waals surface area contributed by atoms with Gasteiger partial charge in [0.15, 0.2) is 0 Å². The molecule has 2 aliphatic heterocycles. The maximum Gasteiger partial charge on any atom is 0.216 e. The van der Waals surface area contributed by atoms with E-state index in [9.17, 15) is 0 Å². The number of para-hydroxylation sites is 2. The monoisotopic (exact) mass is 414 g/mol. The summed E-state index contributed by atoms with van der Waals surface area (Å²) in [6.45, 7) is 1.95. The highest BCUT2D eigenvalue weighted by atomic mass is 16.5. The molecule has 6 rings (SSSR count). The second-order valence-corrected chi connectivity index (χ2v) is 7.69. The van der Waals surface area contributed by atoms with Gasteiger partial charge < -0.3 is 14.5 Å². The molecule has 31 heavy (non-hydrogen) atoms. The third kappa shape index (κ3) is 3.03. The highest BCUT2D eigenvalue weighted by molar-refractivity contribution is 5.98. The molecule has 8 heteroatoms. The molecule has 4 heterocycles. The predicted molar refractivity (Wildman–Crippen MR) is 118 cm³/mol. The molecule has 0 radical (unpaired) electrons. The number of methoxy groups -OCH3 is 1. The van der Waals surface area contributed by atoms with Gasteiger partial charge in [0.2, 0.25) is 11.9 Å². The van der Waals surface area contributed by atoms with Crippen LogP contribution in [0.3, 0.4) is 0 Å². The molecular formula is C23H22N6O2. The number of hydrogen-bond acceptors (Lipinski definition) is 7. The van der Waals surface area contributed by atoms with Crippen LogP contribution in [0.25, 0.3) is 11.0 Å². The molecular weight excluding hydrogens is 392 g/mol. The fourth-order valence-electron chi connectivity index (χ4n) is 4.28. The van der Waals surface area contributed by atoms with Crippen LogP contribution >= 0.6 is 0 Å². The van der Waals surface area contributed by atoms with Gasteiger partial charge in [-0.1, -0.05) is 24.3 Å². The molecule has 0 bridgehead atoms. The average molecular weight is 414 g/mol. The first-order valence-corrected chi connectivity index (χ1v) is 10.2. The number of aromatic nitrogens is 2. The zero-order valence-corrected chi connectivity index (χ0v) is 17.1. The van der Waals surface area contributed by atoms with E-state index in [1.54, 1.807) is 13.4 Å². The zero-order chi connectivity index (χ0) is 20.8. The summed E-state index contributed by atoms with van der Waals surface area (Å²) in [6, 6.07) is 20.2. The molecule has 0 spiro atoms. The number of rotatable bonds is 4. The fourth-order valence-corrected chi connectivity index (χ4v) is 4.28. The largest absolute Gasteiger partial charge is 0.497 e. The molecule has 1 atom stereocenters. The van der Waals surface area contributed by atoms with Gasteiger partial charge in [-0.2, -0.15) is 0 Å². The van der Waals surface area contributed by atoms with Gasteiger partial charge in [0.25, 0.3) is 0 Å². The first-order valence-electron chi connectivity index (χ1n) is 10.2. The van der Waals surface area contributed by atoms with Gasteiger partial charge in [0, 0.05) is 0 Å². The zero-order valence-electron chi connectivity index (χ0n) is 17.1. The van der Waals surface area contributed by atoms with E-state index in [-0.39, 0.29) is 6.17 Å². The third-order valence-corrected chi connectivity index (χ3v) is 5.73. The number of aliphatic imine (C=N–C) groups is 1. The van der Waals surface area contributed by atoms with Gasteiger partial charge in [0.1, 0.15) is 17.7 Å². The summed E-state index contributed by atoms with van der Waals surface area (Å²) >= 11 is 0. The Morgan fingerprint density at radius 1 is 1.13 bits per heavy atom. The van der Waals surface area contributed by atoms with E-state index >= 15 is 0 Å². The summed E-state index contributed by atoms with van der Waals surface area (Å²) in [5.74, 6) is 3.44. The lowest BCUT2D eigenvalue weighted by molar-refractivity contribution is 0.243. The summed E-state index contributed by atoms with van der Waals surface area (Å²) < 4.78 is 13.2. The van der Waals surface area contributed by atoms with Crippen molar-refractivity contribution in [2.45, 2.75) is 12.7 Å². The Morgan fingerprint density at radius 2 is 2.06 bits per heavy atom. The van der Waals surface area contributed by atoms with Gasteiger partial charge in [0.05, 0.1) is 44.3 Å². The number of ether oxygens (including phenoxy) is 1. The summed E-state index contributed by atoms with van der Waals surface area (Å²) in [7, 11) is 1.69. The lowest BCUT2D eigenvalue weighted by Gasteiger charge is -2.41. The minimum atomic E-state index is -0.135. The number of imidazole rings is 1. The quantitative estimate of drug-likeness (QED) is 0.552. The first kappa shape index (κ1) is 18.0. The normalized spacial score (nSPS) is 18.3. The SMILES string of the molecule is COc1cccc(C2NC3=NCN(Cc4ccco4)CN3c3nc4ccccc4n32)c1. The van der Waals surface area contributed by atoms with Crippen molar-refractivity contribution in [2.75, 3.05) is 25.3 Å². The molecule has 2 aliphatic rings. The van der Waals surface area contributed by atoms with Crippen molar-refractivity contribution in [1.29, 1.82) is 0 Å². The average Bonchev–Trinajstić information content (AvgIpc) is 3.46. The fraction of sp³-hybridized carbons (Fsp3) is 0.217. The second-order valence-electron chi connectivity index (χ2n) is 7.69. The van der Waals surface area contributed by atoms with Crippen LogP contribution in [-0.2, 0) is 6.54 Å². The number of furan rings is 1. The number of anilines is 1. The molecule has 2 aromatic carbocycles. The van der Waals surface area contributed by atoms with Crippen LogP contribution in [0.1, 0.15) is 17.5 Å². The van der Waals surface area contributed by atoms with Crippen LogP contribution in [0.5, 0.6) is 5.75 Å². The van der Waals surface area contributed by atoms with Crippen molar-refractivity contribution >= 4 is 22.9 Å². The summed E-state index contributed by atoms with van der Waals surface area (Å²) in [5.41, 5.74) is 3.11. The minimum Gasteiger partial charge on any atom is -0.497 e. The van der Waals surface area contributed by atoms with Gasteiger partial charge in [-0.15, -0.1) is 0 Å². The third-order valence-electron chi connectivity index (χ3n) is 5.73. The lowest BCUT2D eigenvalue weighted by atomic mass is 10.1. The first-order chi connectivity index (χ1) is 15.3. The van der Waals surface area contributed by atoms with Crippen LogP contribution in [-0.4, -0.2) is 40.9 Å². The Labute approximate surface area is 179 Å². The number of hydrogen-bond donors (Lipinski definition) is 1. The second kappa shape index (κ2) is 7.17. The van der Waals surface area contributed by atoms with Crippen LogP contribution in [0.2, 0.25) is 0 Å². The molecule has 0 saturated heterocycles. The maximum absolute atomic E-state index is 5.53. The highest BCUT2D eigenvalue weighted by Gasteiger charge is 2.36. The van der Waals surface area contributed by atoms with E-state index in [0.717, 1.165) is 40.0 Å². The number of fused-ring (bicyclic) bond motifs is 5. The summed E-state index contributed by atoms with van der Waals surface area (Å²) in [4.78, 5) is 14.2. The number of guanidine groups is 1. The van der Waals surface area contributed by atoms with Gasteiger partial charge in [-0.3, -0.25) is 14.4 Å².